The van der Waals surface area contributed by atoms with E-state index in [1.165, 1.54) is 0 Å². The summed E-state index contributed by atoms with van der Waals surface area (Å²) in [6.07, 6.45) is 0. The number of anilines is 3. The van der Waals surface area contributed by atoms with Gasteiger partial charge >= 0.3 is 0 Å². The zero-order valence-corrected chi connectivity index (χ0v) is 13.0. The lowest BCUT2D eigenvalue weighted by Gasteiger charge is -2.20. The van der Waals surface area contributed by atoms with Crippen LogP contribution in [-0.4, -0.2) is 17.0 Å². The number of rotatable bonds is 3. The zero-order valence-electron chi connectivity index (χ0n) is 11.4. The van der Waals surface area contributed by atoms with Crippen LogP contribution in [0.25, 0.3) is 10.9 Å². The number of aromatic nitrogens is 2. The van der Waals surface area contributed by atoms with Gasteiger partial charge in [-0.2, -0.15) is 4.98 Å². The topological polar surface area (TPSA) is 67.1 Å². The Morgan fingerprint density at radius 3 is 2.57 bits per heavy atom. The van der Waals surface area contributed by atoms with Crippen LogP contribution in [0.3, 0.4) is 0 Å². The first-order chi connectivity index (χ1) is 10.2. The summed E-state index contributed by atoms with van der Waals surface area (Å²) in [7, 11) is 1.97. The van der Waals surface area contributed by atoms with Gasteiger partial charge in [0.25, 0.3) is 0 Å². The van der Waals surface area contributed by atoms with E-state index in [1.807, 2.05) is 60.5 Å². The minimum atomic E-state index is 0.387. The van der Waals surface area contributed by atoms with E-state index in [1.54, 1.807) is 0 Å². The molecule has 0 saturated carbocycles. The third-order valence-electron chi connectivity index (χ3n) is 3.23. The van der Waals surface area contributed by atoms with Crippen molar-refractivity contribution < 1.29 is 0 Å². The van der Waals surface area contributed by atoms with Crippen LogP contribution in [-0.2, 0) is 0 Å². The Bertz CT molecular complexity index is 776. The second kappa shape index (κ2) is 5.67. The fourth-order valence-corrected chi connectivity index (χ4v) is 2.53. The highest BCUT2D eigenvalue weighted by Crippen LogP contribution is 2.30. The molecule has 0 aliphatic rings. The van der Waals surface area contributed by atoms with Crippen LogP contribution in [0.5, 0.6) is 0 Å². The minimum absolute atomic E-state index is 0.387. The summed E-state index contributed by atoms with van der Waals surface area (Å²) in [5.41, 5.74) is 4.39. The van der Waals surface area contributed by atoms with Crippen molar-refractivity contribution in [1.82, 2.24) is 9.97 Å². The molecular weight excluding hydrogens is 330 g/mol. The van der Waals surface area contributed by atoms with Crippen molar-refractivity contribution in [2.24, 2.45) is 5.84 Å². The van der Waals surface area contributed by atoms with Gasteiger partial charge in [0, 0.05) is 22.6 Å². The number of hydrogen-bond donors (Lipinski definition) is 2. The molecule has 5 nitrogen and oxygen atoms in total. The number of hydrazine groups is 1. The maximum Gasteiger partial charge on any atom is 0.239 e. The highest BCUT2D eigenvalue weighted by molar-refractivity contribution is 9.10. The molecule has 0 spiro atoms. The maximum atomic E-state index is 5.48. The van der Waals surface area contributed by atoms with E-state index in [9.17, 15) is 0 Å². The van der Waals surface area contributed by atoms with E-state index in [0.29, 0.717) is 5.95 Å². The van der Waals surface area contributed by atoms with Crippen molar-refractivity contribution in [3.05, 3.63) is 53.0 Å². The van der Waals surface area contributed by atoms with Gasteiger partial charge in [0.1, 0.15) is 5.82 Å². The molecule has 3 N–H and O–H groups in total. The van der Waals surface area contributed by atoms with Crippen LogP contribution >= 0.6 is 15.9 Å². The third-order valence-corrected chi connectivity index (χ3v) is 3.72. The summed E-state index contributed by atoms with van der Waals surface area (Å²) >= 11 is 3.46. The van der Waals surface area contributed by atoms with Gasteiger partial charge < -0.3 is 4.90 Å². The minimum Gasteiger partial charge on any atom is -0.329 e. The van der Waals surface area contributed by atoms with Crippen LogP contribution in [0.1, 0.15) is 0 Å². The summed E-state index contributed by atoms with van der Waals surface area (Å²) < 4.78 is 0.963. The molecule has 2 aromatic carbocycles. The number of para-hydroxylation sites is 1. The van der Waals surface area contributed by atoms with Gasteiger partial charge in [0.2, 0.25) is 5.95 Å². The Labute approximate surface area is 130 Å². The van der Waals surface area contributed by atoms with Crippen molar-refractivity contribution in [1.29, 1.82) is 0 Å². The monoisotopic (exact) mass is 343 g/mol. The molecule has 0 radical (unpaired) electrons. The van der Waals surface area contributed by atoms with Crippen LogP contribution in [0, 0.1) is 0 Å². The van der Waals surface area contributed by atoms with Crippen LogP contribution in [0.15, 0.2) is 53.0 Å². The fourth-order valence-electron chi connectivity index (χ4n) is 2.18. The molecule has 1 aromatic heterocycles. The molecule has 0 aliphatic heterocycles. The molecule has 1 heterocycles. The Kier molecular flexibility index (Phi) is 3.72. The van der Waals surface area contributed by atoms with Gasteiger partial charge in [-0.1, -0.05) is 34.1 Å². The highest BCUT2D eigenvalue weighted by atomic mass is 79.9. The molecule has 3 aromatic rings. The molecule has 106 valence electrons. The van der Waals surface area contributed by atoms with E-state index < -0.39 is 0 Å². The Morgan fingerprint density at radius 1 is 1.10 bits per heavy atom. The lowest BCUT2D eigenvalue weighted by atomic mass is 10.2. The lowest BCUT2D eigenvalue weighted by Crippen LogP contribution is -2.16. The number of nitrogens with two attached hydrogens (primary N) is 1. The standard InChI is InChI=1S/C15H14BrN5/c1-21(11-5-3-2-4-6-11)14-12-8-7-10(16)9-13(12)18-15(19-14)20-17/h2-9H,17H2,1H3,(H,18,19,20). The number of nitrogen functional groups attached to an aromatic ring is 1. The molecule has 6 heteroatoms. The zero-order chi connectivity index (χ0) is 14.8. The molecule has 0 atom stereocenters. The Balaban J connectivity index is 2.21. The maximum absolute atomic E-state index is 5.48. The molecule has 21 heavy (non-hydrogen) atoms. The van der Waals surface area contributed by atoms with Crippen molar-refractivity contribution in [2.75, 3.05) is 17.4 Å². The molecular formula is C15H14BrN5. The predicted molar refractivity (Wildman–Crippen MR) is 89.6 cm³/mol. The average Bonchev–Trinajstić information content (AvgIpc) is 2.53. The van der Waals surface area contributed by atoms with Gasteiger partial charge in [-0.05, 0) is 30.3 Å². The predicted octanol–water partition coefficient (Wildman–Crippen LogP) is 3.45. The molecule has 3 rings (SSSR count). The van der Waals surface area contributed by atoms with Gasteiger partial charge in [0.05, 0.1) is 5.52 Å². The number of halogens is 1. The second-order valence-corrected chi connectivity index (χ2v) is 5.49. The number of benzene rings is 2. The average molecular weight is 344 g/mol. The highest BCUT2D eigenvalue weighted by Gasteiger charge is 2.13. The summed E-state index contributed by atoms with van der Waals surface area (Å²) in [6, 6.07) is 15.9. The quantitative estimate of drug-likeness (QED) is 0.563. The summed E-state index contributed by atoms with van der Waals surface area (Å²) in [5, 5.41) is 0.962. The second-order valence-electron chi connectivity index (χ2n) is 4.57. The Hall–Kier alpha value is -2.18. The summed E-state index contributed by atoms with van der Waals surface area (Å²) in [5.74, 6) is 6.67. The van der Waals surface area contributed by atoms with Crippen LogP contribution in [0.2, 0.25) is 0 Å². The molecule has 0 fully saturated rings. The summed E-state index contributed by atoms with van der Waals surface area (Å²) in [6.45, 7) is 0. The van der Waals surface area contributed by atoms with E-state index in [-0.39, 0.29) is 0 Å². The first kappa shape index (κ1) is 13.8. The van der Waals surface area contributed by atoms with E-state index in [0.717, 1.165) is 26.9 Å². The fraction of sp³-hybridized carbons (Fsp3) is 0.0667. The van der Waals surface area contributed by atoms with Crippen molar-refractivity contribution in [3.63, 3.8) is 0 Å². The van der Waals surface area contributed by atoms with Crippen molar-refractivity contribution in [3.8, 4) is 0 Å². The van der Waals surface area contributed by atoms with E-state index in [4.69, 9.17) is 5.84 Å². The van der Waals surface area contributed by atoms with E-state index >= 15 is 0 Å². The first-order valence-electron chi connectivity index (χ1n) is 6.42. The first-order valence-corrected chi connectivity index (χ1v) is 7.21. The Morgan fingerprint density at radius 2 is 1.86 bits per heavy atom. The van der Waals surface area contributed by atoms with Crippen LogP contribution < -0.4 is 16.2 Å². The lowest BCUT2D eigenvalue weighted by molar-refractivity contribution is 1.09. The van der Waals surface area contributed by atoms with E-state index in [2.05, 4.69) is 31.3 Å². The van der Waals surface area contributed by atoms with Gasteiger partial charge in [-0.3, -0.25) is 5.43 Å². The van der Waals surface area contributed by atoms with Gasteiger partial charge in [-0.25, -0.2) is 10.8 Å². The van der Waals surface area contributed by atoms with Crippen LogP contribution in [0.4, 0.5) is 17.5 Å². The number of nitrogens with zero attached hydrogens (tertiary/aromatic N) is 3. The van der Waals surface area contributed by atoms with Crippen molar-refractivity contribution in [2.45, 2.75) is 0 Å². The molecule has 0 saturated heterocycles. The number of fused-ring (bicyclic) bond motifs is 1. The molecule has 0 bridgehead atoms. The molecule has 0 unspecified atom stereocenters. The van der Waals surface area contributed by atoms with Crippen molar-refractivity contribution >= 4 is 44.3 Å². The molecule has 0 amide bonds. The molecule has 0 aliphatic carbocycles. The number of nitrogens with one attached hydrogen (secondary N) is 1. The number of hydrogen-bond acceptors (Lipinski definition) is 5. The van der Waals surface area contributed by atoms with Gasteiger partial charge in [-0.15, -0.1) is 0 Å². The SMILES string of the molecule is CN(c1ccccc1)c1nc(NN)nc2cc(Br)ccc12. The normalized spacial score (nSPS) is 10.6. The van der Waals surface area contributed by atoms with Gasteiger partial charge in [0.15, 0.2) is 0 Å². The largest absolute Gasteiger partial charge is 0.329 e. The summed E-state index contributed by atoms with van der Waals surface area (Å²) in [4.78, 5) is 10.9. The third kappa shape index (κ3) is 2.68. The smallest absolute Gasteiger partial charge is 0.239 e.